The van der Waals surface area contributed by atoms with Crippen molar-refractivity contribution < 1.29 is 8.78 Å². The van der Waals surface area contributed by atoms with E-state index in [9.17, 15) is 8.78 Å². The normalized spacial score (nSPS) is 16.0. The molecule has 3 aromatic rings. The largest absolute Gasteiger partial charge is 0.372 e. The second kappa shape index (κ2) is 4.46. The molecule has 2 aromatic heterocycles. The average molecular weight is 301 g/mol. The summed E-state index contributed by atoms with van der Waals surface area (Å²) < 4.78 is 29.1. The first-order valence-electron chi connectivity index (χ1n) is 6.99. The summed E-state index contributed by atoms with van der Waals surface area (Å²) in [5, 5.41) is 15.4. The number of anilines is 1. The van der Waals surface area contributed by atoms with Crippen LogP contribution in [0.4, 0.5) is 14.5 Å². The molecule has 0 radical (unpaired) electrons. The number of benzene rings is 1. The third kappa shape index (κ3) is 2.01. The van der Waals surface area contributed by atoms with Gasteiger partial charge < -0.3 is 5.32 Å². The Balaban J connectivity index is 1.79. The van der Waals surface area contributed by atoms with Gasteiger partial charge >= 0.3 is 0 Å². The van der Waals surface area contributed by atoms with Crippen molar-refractivity contribution in [2.45, 2.75) is 25.3 Å². The summed E-state index contributed by atoms with van der Waals surface area (Å²) in [6, 6.07) is 5.38. The van der Waals surface area contributed by atoms with Crippen molar-refractivity contribution >= 4 is 11.3 Å². The topological polar surface area (TPSA) is 55.1 Å². The molecular weight excluding hydrogens is 288 g/mol. The lowest BCUT2D eigenvalue weighted by atomic mass is 10.0. The summed E-state index contributed by atoms with van der Waals surface area (Å²) in [4.78, 5) is 0. The fourth-order valence-electron chi connectivity index (χ4n) is 2.75. The maximum absolute atomic E-state index is 14.1. The van der Waals surface area contributed by atoms with Crippen LogP contribution in [0.15, 0.2) is 30.6 Å². The molecule has 1 fully saturated rings. The second-order valence-corrected chi connectivity index (χ2v) is 5.63. The molecule has 0 amide bonds. The Kier molecular flexibility index (Phi) is 2.66. The molecule has 1 aliphatic rings. The van der Waals surface area contributed by atoms with E-state index in [-0.39, 0.29) is 0 Å². The second-order valence-electron chi connectivity index (χ2n) is 5.63. The maximum atomic E-state index is 14.1. The van der Waals surface area contributed by atoms with Crippen molar-refractivity contribution in [3.8, 4) is 0 Å². The van der Waals surface area contributed by atoms with E-state index < -0.39 is 17.2 Å². The van der Waals surface area contributed by atoms with Crippen LogP contribution in [0.3, 0.4) is 0 Å². The first-order chi connectivity index (χ1) is 10.6. The van der Waals surface area contributed by atoms with Crippen LogP contribution in [0.5, 0.6) is 0 Å². The molecule has 1 saturated carbocycles. The lowest BCUT2D eigenvalue weighted by Gasteiger charge is -2.20. The van der Waals surface area contributed by atoms with Gasteiger partial charge in [-0.2, -0.15) is 9.61 Å². The highest BCUT2D eigenvalue weighted by atomic mass is 19.1. The molecule has 0 bridgehead atoms. The van der Waals surface area contributed by atoms with Crippen LogP contribution in [0, 0.1) is 18.6 Å². The fourth-order valence-corrected chi connectivity index (χ4v) is 2.75. The first-order valence-corrected chi connectivity index (χ1v) is 6.99. The van der Waals surface area contributed by atoms with Gasteiger partial charge in [0.15, 0.2) is 0 Å². The molecule has 1 N–H and O–H groups in total. The van der Waals surface area contributed by atoms with Gasteiger partial charge in [-0.05, 0) is 44.0 Å². The Morgan fingerprint density at radius 1 is 1.23 bits per heavy atom. The Morgan fingerprint density at radius 3 is 2.82 bits per heavy atom. The molecule has 0 atom stereocenters. The van der Waals surface area contributed by atoms with Crippen molar-refractivity contribution in [2.24, 2.45) is 0 Å². The summed E-state index contributed by atoms with van der Waals surface area (Å²) in [5.74, 6) is -0.849. The molecule has 1 aromatic carbocycles. The Bertz CT molecular complexity index is 869. The highest BCUT2D eigenvalue weighted by Gasteiger charge is 2.46. The molecule has 5 nitrogen and oxygen atoms in total. The Labute approximate surface area is 125 Å². The average Bonchev–Trinajstić information content (AvgIpc) is 3.09. The minimum Gasteiger partial charge on any atom is -0.372 e. The third-order valence-corrected chi connectivity index (χ3v) is 3.96. The molecule has 22 heavy (non-hydrogen) atoms. The molecule has 2 heterocycles. The van der Waals surface area contributed by atoms with Crippen molar-refractivity contribution in [2.75, 3.05) is 5.32 Å². The van der Waals surface area contributed by atoms with Gasteiger partial charge in [-0.25, -0.2) is 8.78 Å². The van der Waals surface area contributed by atoms with Crippen LogP contribution < -0.4 is 5.32 Å². The van der Waals surface area contributed by atoms with Crippen LogP contribution in [0.25, 0.3) is 5.65 Å². The summed E-state index contributed by atoms with van der Waals surface area (Å²) in [7, 11) is 0. The summed E-state index contributed by atoms with van der Waals surface area (Å²) in [6.07, 6.45) is 2.97. The molecule has 0 spiro atoms. The zero-order valence-electron chi connectivity index (χ0n) is 11.8. The van der Waals surface area contributed by atoms with E-state index in [1.54, 1.807) is 4.52 Å². The molecule has 0 aliphatic heterocycles. The van der Waals surface area contributed by atoms with Gasteiger partial charge in [-0.3, -0.25) is 0 Å². The summed E-state index contributed by atoms with van der Waals surface area (Å²) >= 11 is 0. The van der Waals surface area contributed by atoms with E-state index >= 15 is 0 Å². The summed E-state index contributed by atoms with van der Waals surface area (Å²) in [6.45, 7) is 1.85. The van der Waals surface area contributed by atoms with Crippen LogP contribution in [0.1, 0.15) is 24.1 Å². The van der Waals surface area contributed by atoms with E-state index in [1.807, 2.05) is 13.0 Å². The molecule has 7 heteroatoms. The number of rotatable bonds is 3. The maximum Gasteiger partial charge on any atom is 0.200 e. The lowest BCUT2D eigenvalue weighted by Crippen LogP contribution is -2.21. The number of hydrogen-bond acceptors (Lipinski definition) is 4. The number of aryl methyl sites for hydroxylation is 1. The van der Waals surface area contributed by atoms with Crippen molar-refractivity contribution in [3.05, 3.63) is 53.5 Å². The molecule has 0 unspecified atom stereocenters. The van der Waals surface area contributed by atoms with Gasteiger partial charge in [0.05, 0.1) is 16.9 Å². The molecular formula is C15H13F2N5. The number of nitrogens with one attached hydrogen (secondary N) is 1. The van der Waals surface area contributed by atoms with Crippen LogP contribution in [0.2, 0.25) is 0 Å². The van der Waals surface area contributed by atoms with E-state index in [2.05, 4.69) is 20.6 Å². The van der Waals surface area contributed by atoms with Crippen LogP contribution in [-0.4, -0.2) is 19.8 Å². The number of nitrogens with zero attached hydrogens (tertiary/aromatic N) is 4. The monoisotopic (exact) mass is 301 g/mol. The Hall–Kier alpha value is -2.57. The van der Waals surface area contributed by atoms with E-state index in [0.29, 0.717) is 16.9 Å². The lowest BCUT2D eigenvalue weighted by molar-refractivity contribution is 0.568. The standard InChI is InChI=1S/C15H13F2N5/c1-9-6-13(14-20-18-8-22(14)21-9)19-15(4-5-15)11-7-10(16)2-3-12(11)17/h2-3,6-8,19H,4-5H2,1H3. The number of fused-ring (bicyclic) bond motifs is 1. The zero-order chi connectivity index (χ0) is 15.3. The van der Waals surface area contributed by atoms with Crippen molar-refractivity contribution in [3.63, 3.8) is 0 Å². The van der Waals surface area contributed by atoms with Crippen LogP contribution in [-0.2, 0) is 5.54 Å². The van der Waals surface area contributed by atoms with Gasteiger partial charge in [0.1, 0.15) is 18.0 Å². The predicted molar refractivity (Wildman–Crippen MR) is 76.4 cm³/mol. The molecule has 4 rings (SSSR count). The zero-order valence-corrected chi connectivity index (χ0v) is 11.8. The highest BCUT2D eigenvalue weighted by molar-refractivity contribution is 5.69. The van der Waals surface area contributed by atoms with Gasteiger partial charge in [0.25, 0.3) is 0 Å². The first kappa shape index (κ1) is 13.1. The number of aromatic nitrogens is 4. The predicted octanol–water partition coefficient (Wildman–Crippen LogP) is 2.81. The SMILES string of the molecule is Cc1cc(NC2(c3cc(F)ccc3F)CC2)c2nncn2n1. The van der Waals surface area contributed by atoms with Crippen LogP contribution >= 0.6 is 0 Å². The van der Waals surface area contributed by atoms with E-state index in [1.165, 1.54) is 12.4 Å². The Morgan fingerprint density at radius 2 is 2.05 bits per heavy atom. The van der Waals surface area contributed by atoms with E-state index in [4.69, 9.17) is 0 Å². The third-order valence-electron chi connectivity index (χ3n) is 3.96. The quantitative estimate of drug-likeness (QED) is 0.808. The van der Waals surface area contributed by atoms with Gasteiger partial charge in [-0.15, -0.1) is 10.2 Å². The van der Waals surface area contributed by atoms with Gasteiger partial charge in [0.2, 0.25) is 5.65 Å². The van der Waals surface area contributed by atoms with E-state index in [0.717, 1.165) is 30.7 Å². The van der Waals surface area contributed by atoms with Gasteiger partial charge in [0, 0.05) is 5.56 Å². The number of halogens is 2. The smallest absolute Gasteiger partial charge is 0.200 e. The van der Waals surface area contributed by atoms with Crippen molar-refractivity contribution in [1.29, 1.82) is 0 Å². The minimum absolute atomic E-state index is 0.347. The minimum atomic E-state index is -0.591. The summed E-state index contributed by atoms with van der Waals surface area (Å²) in [5.41, 5.74) is 1.82. The van der Waals surface area contributed by atoms with Crippen molar-refractivity contribution in [1.82, 2.24) is 19.8 Å². The van der Waals surface area contributed by atoms with Gasteiger partial charge in [-0.1, -0.05) is 0 Å². The highest BCUT2D eigenvalue weighted by Crippen LogP contribution is 2.49. The molecule has 0 saturated heterocycles. The fraction of sp³-hybridized carbons (Fsp3) is 0.267. The number of hydrogen-bond donors (Lipinski definition) is 1. The molecule has 1 aliphatic carbocycles. The molecule has 112 valence electrons.